The summed E-state index contributed by atoms with van der Waals surface area (Å²) in [6, 6.07) is 20.5. The molecule has 0 radical (unpaired) electrons. The SMILES string of the molecule is Cc1cc2cc(C(O)(C(F)(F)F)C(F)(F)F)ccc2n1C(C)(c1cocn1)c1ccccc1OCc1ccccc1. The molecule has 1 atom stereocenters. The maximum absolute atomic E-state index is 13.6. The van der Waals surface area contributed by atoms with Gasteiger partial charge in [0.05, 0.1) is 0 Å². The van der Waals surface area contributed by atoms with Gasteiger partial charge in [-0.15, -0.1) is 0 Å². The summed E-state index contributed by atoms with van der Waals surface area (Å²) in [5.41, 5.74) is -4.80. The molecule has 0 aliphatic rings. The molecule has 5 rings (SSSR count). The summed E-state index contributed by atoms with van der Waals surface area (Å²) in [6.07, 6.45) is -9.35. The molecule has 11 heteroatoms. The van der Waals surface area contributed by atoms with Gasteiger partial charge in [-0.05, 0) is 43.7 Å². The van der Waals surface area contributed by atoms with Crippen molar-refractivity contribution in [1.29, 1.82) is 0 Å². The van der Waals surface area contributed by atoms with Crippen molar-refractivity contribution in [3.63, 3.8) is 0 Å². The normalized spacial score (nSPS) is 14.3. The predicted octanol–water partition coefficient (Wildman–Crippen LogP) is 7.64. The largest absolute Gasteiger partial charge is 0.489 e. The third-order valence-corrected chi connectivity index (χ3v) is 7.25. The number of hydrogen-bond acceptors (Lipinski definition) is 4. The Bertz CT molecular complexity index is 1650. The second-order valence-electron chi connectivity index (χ2n) is 9.82. The monoisotopic (exact) mass is 574 g/mol. The van der Waals surface area contributed by atoms with E-state index in [0.29, 0.717) is 40.4 Å². The first kappa shape index (κ1) is 28.3. The second-order valence-corrected chi connectivity index (χ2v) is 9.82. The number of aryl methyl sites for hydroxylation is 1. The highest BCUT2D eigenvalue weighted by Crippen LogP contribution is 2.51. The Hall–Kier alpha value is -4.25. The van der Waals surface area contributed by atoms with Crippen molar-refractivity contribution in [2.45, 2.75) is 43.9 Å². The minimum atomic E-state index is -6.00. The smallest absolute Gasteiger partial charge is 0.430 e. The zero-order chi connectivity index (χ0) is 29.6. The van der Waals surface area contributed by atoms with Crippen LogP contribution in [0.2, 0.25) is 0 Å². The van der Waals surface area contributed by atoms with Crippen LogP contribution in [0.3, 0.4) is 0 Å². The molecule has 41 heavy (non-hydrogen) atoms. The van der Waals surface area contributed by atoms with Gasteiger partial charge in [-0.2, -0.15) is 26.3 Å². The van der Waals surface area contributed by atoms with Crippen LogP contribution in [0.5, 0.6) is 5.75 Å². The number of nitrogens with zero attached hydrogens (tertiary/aromatic N) is 2. The first-order valence-electron chi connectivity index (χ1n) is 12.4. The quantitative estimate of drug-likeness (QED) is 0.203. The van der Waals surface area contributed by atoms with E-state index in [9.17, 15) is 31.4 Å². The fraction of sp³-hybridized carbons (Fsp3) is 0.233. The Kier molecular flexibility index (Phi) is 6.89. The van der Waals surface area contributed by atoms with Crippen LogP contribution in [-0.4, -0.2) is 27.0 Å². The molecule has 0 saturated heterocycles. The van der Waals surface area contributed by atoms with Crippen LogP contribution in [-0.2, 0) is 17.7 Å². The molecule has 0 bridgehead atoms. The van der Waals surface area contributed by atoms with Crippen LogP contribution in [0.4, 0.5) is 26.3 Å². The van der Waals surface area contributed by atoms with E-state index < -0.39 is 29.1 Å². The number of fused-ring (bicyclic) bond motifs is 1. The Balaban J connectivity index is 1.69. The minimum absolute atomic E-state index is 0.0596. The Labute approximate surface area is 230 Å². The van der Waals surface area contributed by atoms with E-state index in [1.165, 1.54) is 18.7 Å². The van der Waals surface area contributed by atoms with Gasteiger partial charge in [-0.25, -0.2) is 4.98 Å². The molecule has 214 valence electrons. The fourth-order valence-corrected chi connectivity index (χ4v) is 5.22. The molecule has 0 amide bonds. The Morgan fingerprint density at radius 3 is 2.17 bits per heavy atom. The highest BCUT2D eigenvalue weighted by molar-refractivity contribution is 5.83. The predicted molar refractivity (Wildman–Crippen MR) is 138 cm³/mol. The van der Waals surface area contributed by atoms with Crippen molar-refractivity contribution in [2.75, 3.05) is 0 Å². The zero-order valence-corrected chi connectivity index (χ0v) is 21.8. The zero-order valence-electron chi connectivity index (χ0n) is 21.8. The van der Waals surface area contributed by atoms with Gasteiger partial charge in [-0.3, -0.25) is 0 Å². The summed E-state index contributed by atoms with van der Waals surface area (Å²) < 4.78 is 94.8. The van der Waals surface area contributed by atoms with Crippen LogP contribution in [0, 0.1) is 6.92 Å². The molecule has 0 spiro atoms. The average molecular weight is 575 g/mol. The molecule has 1 unspecified atom stereocenters. The summed E-state index contributed by atoms with van der Waals surface area (Å²) >= 11 is 0. The third-order valence-electron chi connectivity index (χ3n) is 7.25. The number of rotatable bonds is 7. The highest BCUT2D eigenvalue weighted by Gasteiger charge is 2.71. The lowest BCUT2D eigenvalue weighted by Crippen LogP contribution is -2.53. The lowest BCUT2D eigenvalue weighted by molar-refractivity contribution is -0.376. The number of aromatic nitrogens is 2. The molecule has 1 N–H and O–H groups in total. The number of alkyl halides is 6. The third kappa shape index (κ3) is 4.63. The van der Waals surface area contributed by atoms with E-state index in [1.54, 1.807) is 42.7 Å². The standard InChI is InChI=1S/C30H24F6N2O3/c1-19-14-21-15-22(28(39,29(31,32)33)30(34,35)36)12-13-24(21)38(19)27(2,26-17-40-18-37-26)23-10-6-7-11-25(23)41-16-20-8-4-3-5-9-20/h3-15,17-18,39H,16H2,1-2H3. The summed E-state index contributed by atoms with van der Waals surface area (Å²) in [4.78, 5) is 4.37. The fourth-order valence-electron chi connectivity index (χ4n) is 5.22. The van der Waals surface area contributed by atoms with Crippen molar-refractivity contribution in [3.05, 3.63) is 120 Å². The van der Waals surface area contributed by atoms with E-state index in [4.69, 9.17) is 9.15 Å². The number of ether oxygens (including phenoxy) is 1. The maximum Gasteiger partial charge on any atom is 0.430 e. The molecule has 2 heterocycles. The van der Waals surface area contributed by atoms with Gasteiger partial charge in [0.2, 0.25) is 0 Å². The molecule has 5 nitrogen and oxygen atoms in total. The highest BCUT2D eigenvalue weighted by atomic mass is 19.4. The molecule has 3 aromatic carbocycles. The molecule has 0 aliphatic carbocycles. The van der Waals surface area contributed by atoms with E-state index in [-0.39, 0.29) is 12.0 Å². The number of para-hydroxylation sites is 1. The topological polar surface area (TPSA) is 60.4 Å². The Morgan fingerprint density at radius 1 is 0.878 bits per heavy atom. The lowest BCUT2D eigenvalue weighted by Gasteiger charge is -2.34. The second kappa shape index (κ2) is 9.99. The summed E-state index contributed by atoms with van der Waals surface area (Å²) in [7, 11) is 0. The van der Waals surface area contributed by atoms with Crippen molar-refractivity contribution in [3.8, 4) is 5.75 Å². The first-order valence-corrected chi connectivity index (χ1v) is 12.4. The van der Waals surface area contributed by atoms with Gasteiger partial charge < -0.3 is 18.8 Å². The van der Waals surface area contributed by atoms with Crippen LogP contribution < -0.4 is 4.74 Å². The van der Waals surface area contributed by atoms with Crippen molar-refractivity contribution in [2.24, 2.45) is 0 Å². The molecule has 5 aromatic rings. The number of aliphatic hydroxyl groups is 1. The van der Waals surface area contributed by atoms with Crippen molar-refractivity contribution in [1.82, 2.24) is 9.55 Å². The van der Waals surface area contributed by atoms with E-state index in [0.717, 1.165) is 11.6 Å². The van der Waals surface area contributed by atoms with Gasteiger partial charge in [0.15, 0.2) is 6.39 Å². The molecule has 0 saturated carbocycles. The van der Waals surface area contributed by atoms with Crippen molar-refractivity contribution < 1.29 is 40.6 Å². The van der Waals surface area contributed by atoms with Crippen LogP contribution in [0.25, 0.3) is 10.9 Å². The van der Waals surface area contributed by atoms with Gasteiger partial charge in [-0.1, -0.05) is 54.6 Å². The van der Waals surface area contributed by atoms with Gasteiger partial charge >= 0.3 is 12.4 Å². The first-order chi connectivity index (χ1) is 19.3. The minimum Gasteiger partial charge on any atom is -0.489 e. The summed E-state index contributed by atoms with van der Waals surface area (Å²) in [5, 5.41) is 10.0. The van der Waals surface area contributed by atoms with Crippen LogP contribution in [0.15, 0.2) is 95.9 Å². The number of hydrogen-bond donors (Lipinski definition) is 1. The number of halogens is 6. The van der Waals surface area contributed by atoms with Crippen LogP contribution >= 0.6 is 0 Å². The summed E-state index contributed by atoms with van der Waals surface area (Å²) in [5.74, 6) is 0.489. The average Bonchev–Trinajstić information content (AvgIpc) is 3.58. The van der Waals surface area contributed by atoms with Crippen molar-refractivity contribution >= 4 is 10.9 Å². The summed E-state index contributed by atoms with van der Waals surface area (Å²) in [6.45, 7) is 3.72. The maximum atomic E-state index is 13.6. The molecular weight excluding hydrogens is 550 g/mol. The Morgan fingerprint density at radius 2 is 1.54 bits per heavy atom. The lowest BCUT2D eigenvalue weighted by atomic mass is 9.87. The van der Waals surface area contributed by atoms with E-state index in [1.807, 2.05) is 30.3 Å². The number of oxazole rings is 1. The van der Waals surface area contributed by atoms with E-state index >= 15 is 0 Å². The van der Waals surface area contributed by atoms with E-state index in [2.05, 4.69) is 4.98 Å². The van der Waals surface area contributed by atoms with Crippen LogP contribution in [0.1, 0.15) is 35.0 Å². The van der Waals surface area contributed by atoms with Gasteiger partial charge in [0.1, 0.15) is 29.9 Å². The molecule has 0 aliphatic heterocycles. The molecule has 2 aromatic heterocycles. The van der Waals surface area contributed by atoms with Gasteiger partial charge in [0, 0.05) is 27.7 Å². The number of benzene rings is 3. The van der Waals surface area contributed by atoms with Gasteiger partial charge in [0.25, 0.3) is 5.60 Å². The molecule has 0 fully saturated rings. The molecular formula is C30H24F6N2O3.